The van der Waals surface area contributed by atoms with Crippen LogP contribution in [-0.2, 0) is 19.5 Å². The van der Waals surface area contributed by atoms with Crippen LogP contribution in [0.2, 0.25) is 0 Å². The van der Waals surface area contributed by atoms with Gasteiger partial charge in [-0.05, 0) is 69.8 Å². The Labute approximate surface area is 308 Å². The van der Waals surface area contributed by atoms with Gasteiger partial charge < -0.3 is 35.5 Å². The molecule has 0 atom stereocenters. The maximum atomic E-state index is 12.4. The average Bonchev–Trinajstić information content (AvgIpc) is 3.79. The molecule has 0 saturated carbocycles. The molecule has 0 saturated heterocycles. The Hall–Kier alpha value is -6.10. The number of nitrogens with two attached hydrogens (primary N) is 1. The van der Waals surface area contributed by atoms with Gasteiger partial charge in [0.1, 0.15) is 11.5 Å². The van der Waals surface area contributed by atoms with Crippen LogP contribution < -0.4 is 20.7 Å². The van der Waals surface area contributed by atoms with Gasteiger partial charge in [0, 0.05) is 16.8 Å². The third-order valence-corrected chi connectivity index (χ3v) is 6.88. The Morgan fingerprint density at radius 2 is 1.15 bits per heavy atom. The van der Waals surface area contributed by atoms with Gasteiger partial charge in [-0.3, -0.25) is 0 Å². The van der Waals surface area contributed by atoms with Crippen LogP contribution in [0.4, 0.5) is 32.0 Å². The molecule has 2 heterocycles. The van der Waals surface area contributed by atoms with Gasteiger partial charge in [-0.1, -0.05) is 60.7 Å². The van der Waals surface area contributed by atoms with Crippen molar-refractivity contribution in [1.29, 1.82) is 0 Å². The molecule has 55 heavy (non-hydrogen) atoms. The highest BCUT2D eigenvalue weighted by molar-refractivity contribution is 6.58. The van der Waals surface area contributed by atoms with Crippen molar-refractivity contribution in [3.8, 4) is 34.3 Å². The van der Waals surface area contributed by atoms with Crippen molar-refractivity contribution in [2.24, 2.45) is 0 Å². The van der Waals surface area contributed by atoms with E-state index in [1.54, 1.807) is 12.1 Å². The average molecular weight is 775 g/mol. The molecule has 22 heteroatoms. The van der Waals surface area contributed by atoms with Gasteiger partial charge in [0.2, 0.25) is 11.6 Å². The second-order valence-corrected chi connectivity index (χ2v) is 11.0. The summed E-state index contributed by atoms with van der Waals surface area (Å²) in [4.78, 5) is 2.62. The van der Waals surface area contributed by atoms with Crippen molar-refractivity contribution in [2.75, 3.05) is 18.9 Å². The van der Waals surface area contributed by atoms with E-state index >= 15 is 0 Å². The highest BCUT2D eigenvalue weighted by Crippen LogP contribution is 2.27. The molecule has 15 nitrogen and oxygen atoms in total. The van der Waals surface area contributed by atoms with E-state index in [4.69, 9.17) is 26.0 Å². The normalized spacial score (nSPS) is 11.2. The summed E-state index contributed by atoms with van der Waals surface area (Å²) in [6.45, 7) is 0.440. The second kappa shape index (κ2) is 19.3. The lowest BCUT2D eigenvalue weighted by atomic mass is 9.80. The highest BCUT2D eigenvalue weighted by Gasteiger charge is 2.32. The third kappa shape index (κ3) is 13.7. The van der Waals surface area contributed by atoms with Gasteiger partial charge in [0.05, 0.1) is 26.3 Å². The monoisotopic (exact) mass is 775 g/mol. The maximum absolute atomic E-state index is 12.4. The first-order chi connectivity index (χ1) is 26.1. The van der Waals surface area contributed by atoms with Crippen LogP contribution in [0.5, 0.6) is 11.5 Å². The smallest absolute Gasteiger partial charge is 0.423 e. The lowest BCUT2D eigenvalue weighted by Crippen LogP contribution is -2.30. The van der Waals surface area contributed by atoms with E-state index < -0.39 is 25.6 Å². The molecule has 0 unspecified atom stereocenters. The first-order valence-corrected chi connectivity index (χ1v) is 15.9. The van der Waals surface area contributed by atoms with Gasteiger partial charge >= 0.3 is 19.8 Å². The summed E-state index contributed by atoms with van der Waals surface area (Å²) in [5, 5.41) is 58.7. The van der Waals surface area contributed by atoms with Crippen LogP contribution in [0.25, 0.3) is 22.8 Å². The first-order valence-electron chi connectivity index (χ1n) is 15.9. The molecule has 0 fully saturated rings. The number of ether oxygens (including phenoxy) is 2. The minimum atomic E-state index is -4.78. The number of anilines is 1. The van der Waals surface area contributed by atoms with E-state index in [-0.39, 0.29) is 31.0 Å². The molecular formula is C33H32BF6N9O6. The summed E-state index contributed by atoms with van der Waals surface area (Å²) >= 11 is 0. The zero-order chi connectivity index (χ0) is 40.0. The molecule has 0 amide bonds. The van der Waals surface area contributed by atoms with Crippen molar-refractivity contribution in [3.63, 3.8) is 0 Å². The fourth-order valence-corrected chi connectivity index (χ4v) is 4.61. The summed E-state index contributed by atoms with van der Waals surface area (Å²) in [5.74, 6) is 0.112. The standard InChI is InChI=1S/C17H15F3N4O2.C9H11N5O.C7H6BF3O3/c18-17(19,20)26-14-6-3-4-12(11-14)10-13-5-1-2-7-15(13)16-21-23-24(22-16)8-9-25;10-8-4-2-1-3-7(8)9-11-13-14(12-9)5-6-15;9-7(10,11)14-6-3-1-2-5(4-6)8(12)13/h1-7,11,25H,8-10H2;1-4,15H,5-6,10H2;1-4,12-13H. The number of para-hydroxylation sites is 1. The molecular weight excluding hydrogens is 743 g/mol. The number of hydrogen-bond acceptors (Lipinski definition) is 13. The van der Waals surface area contributed by atoms with Gasteiger partial charge in [-0.15, -0.1) is 46.7 Å². The molecule has 6 aromatic rings. The molecule has 0 bridgehead atoms. The lowest BCUT2D eigenvalue weighted by Gasteiger charge is -2.11. The summed E-state index contributed by atoms with van der Waals surface area (Å²) in [6.07, 6.45) is -9.13. The van der Waals surface area contributed by atoms with E-state index in [1.165, 1.54) is 39.9 Å². The molecule has 4 aromatic carbocycles. The second-order valence-electron chi connectivity index (χ2n) is 11.0. The molecule has 2 aromatic heterocycles. The van der Waals surface area contributed by atoms with Gasteiger partial charge in [0.15, 0.2) is 0 Å². The zero-order valence-corrected chi connectivity index (χ0v) is 28.4. The van der Waals surface area contributed by atoms with Crippen molar-refractivity contribution in [2.45, 2.75) is 32.2 Å². The number of tetrazole rings is 2. The molecule has 6 N–H and O–H groups in total. The minimum absolute atomic E-state index is 0.0138. The Balaban J connectivity index is 0.000000198. The van der Waals surface area contributed by atoms with Gasteiger partial charge in [-0.25, -0.2) is 0 Å². The van der Waals surface area contributed by atoms with E-state index in [0.717, 1.165) is 28.8 Å². The SMILES string of the molecule is Nc1ccccc1-c1nnn(CCO)n1.OB(O)c1cccc(OC(F)(F)F)c1.OCCn1nnc(-c2ccccc2Cc2cccc(OC(F)(F)F)c2)n1. The van der Waals surface area contributed by atoms with Crippen LogP contribution >= 0.6 is 0 Å². The zero-order valence-electron chi connectivity index (χ0n) is 28.4. The Morgan fingerprint density at radius 3 is 1.69 bits per heavy atom. The van der Waals surface area contributed by atoms with E-state index in [1.807, 2.05) is 42.5 Å². The molecule has 0 aliphatic carbocycles. The Bertz CT molecular complexity index is 2100. The number of rotatable bonds is 11. The van der Waals surface area contributed by atoms with Crippen LogP contribution in [0.15, 0.2) is 97.1 Å². The van der Waals surface area contributed by atoms with E-state index in [2.05, 4.69) is 40.3 Å². The van der Waals surface area contributed by atoms with Crippen molar-refractivity contribution in [1.82, 2.24) is 40.4 Å². The number of alkyl halides is 6. The van der Waals surface area contributed by atoms with Crippen molar-refractivity contribution < 1.29 is 56.1 Å². The summed E-state index contributed by atoms with van der Waals surface area (Å²) < 4.78 is 79.9. The van der Waals surface area contributed by atoms with Crippen molar-refractivity contribution >= 4 is 18.3 Å². The number of nitrogen functional groups attached to an aromatic ring is 1. The topological polar surface area (TPSA) is 213 Å². The Kier molecular flexibility index (Phi) is 14.6. The number of aliphatic hydroxyl groups is 2. The fourth-order valence-electron chi connectivity index (χ4n) is 4.61. The molecule has 6 rings (SSSR count). The van der Waals surface area contributed by atoms with E-state index in [9.17, 15) is 26.3 Å². The number of benzene rings is 4. The minimum Gasteiger partial charge on any atom is -0.423 e. The predicted octanol–water partition coefficient (Wildman–Crippen LogP) is 3.00. The number of hydrogen-bond donors (Lipinski definition) is 5. The Morgan fingerprint density at radius 1 is 0.636 bits per heavy atom. The van der Waals surface area contributed by atoms with Gasteiger partial charge in [-0.2, -0.15) is 9.59 Å². The van der Waals surface area contributed by atoms with Crippen LogP contribution in [-0.4, -0.2) is 93.7 Å². The first kappa shape index (κ1) is 41.7. The highest BCUT2D eigenvalue weighted by atomic mass is 19.4. The molecule has 0 radical (unpaired) electrons. The number of aliphatic hydroxyl groups excluding tert-OH is 2. The maximum Gasteiger partial charge on any atom is 0.573 e. The summed E-state index contributed by atoms with van der Waals surface area (Å²) in [7, 11) is -1.81. The van der Waals surface area contributed by atoms with E-state index in [0.29, 0.717) is 35.9 Å². The molecule has 0 aliphatic rings. The van der Waals surface area contributed by atoms with Crippen molar-refractivity contribution in [3.05, 3.63) is 108 Å². The predicted molar refractivity (Wildman–Crippen MR) is 184 cm³/mol. The van der Waals surface area contributed by atoms with Crippen LogP contribution in [0.3, 0.4) is 0 Å². The fraction of sp³-hybridized carbons (Fsp3) is 0.212. The molecule has 0 spiro atoms. The summed E-state index contributed by atoms with van der Waals surface area (Å²) in [5.41, 5.74) is 9.28. The number of halogens is 6. The molecule has 290 valence electrons. The third-order valence-electron chi connectivity index (χ3n) is 6.88. The largest absolute Gasteiger partial charge is 0.573 e. The quantitative estimate of drug-likeness (QED) is 0.0729. The number of aromatic nitrogens is 8. The lowest BCUT2D eigenvalue weighted by molar-refractivity contribution is -0.275. The van der Waals surface area contributed by atoms with Crippen LogP contribution in [0.1, 0.15) is 11.1 Å². The van der Waals surface area contributed by atoms with Gasteiger partial charge in [0.25, 0.3) is 0 Å². The summed E-state index contributed by atoms with van der Waals surface area (Å²) in [6, 6.07) is 24.9. The number of nitrogens with zero attached hydrogens (tertiary/aromatic N) is 8. The molecule has 0 aliphatic heterocycles. The van der Waals surface area contributed by atoms with Crippen LogP contribution in [0, 0.1) is 0 Å².